The lowest BCUT2D eigenvalue weighted by molar-refractivity contribution is -0.117. The molecule has 106 valence electrons. The van der Waals surface area contributed by atoms with Gasteiger partial charge >= 0.3 is 11.9 Å². The summed E-state index contributed by atoms with van der Waals surface area (Å²) < 4.78 is 0. The van der Waals surface area contributed by atoms with Gasteiger partial charge in [-0.25, -0.2) is 9.59 Å². The number of para-hydroxylation sites is 1. The number of benzene rings is 1. The zero-order chi connectivity index (χ0) is 14.9. The summed E-state index contributed by atoms with van der Waals surface area (Å²) >= 11 is 0. The van der Waals surface area contributed by atoms with Crippen molar-refractivity contribution < 1.29 is 29.7 Å². The highest BCUT2D eigenvalue weighted by Gasteiger charge is 2.34. The van der Waals surface area contributed by atoms with Crippen molar-refractivity contribution >= 4 is 23.5 Å². The molecule has 1 aromatic rings. The van der Waals surface area contributed by atoms with E-state index in [0.29, 0.717) is 0 Å². The molecule has 3 N–H and O–H groups in total. The lowest BCUT2D eigenvalue weighted by atomic mass is 10.1. The van der Waals surface area contributed by atoms with E-state index < -0.39 is 11.9 Å². The summed E-state index contributed by atoms with van der Waals surface area (Å²) in [6.45, 7) is -0.0974. The molecule has 1 fully saturated rings. The summed E-state index contributed by atoms with van der Waals surface area (Å²) in [5.41, 5.74) is -0.595. The Labute approximate surface area is 114 Å². The van der Waals surface area contributed by atoms with Gasteiger partial charge in [-0.2, -0.15) is 0 Å². The molecule has 0 radical (unpaired) electrons. The number of aromatic carboxylic acids is 2. The minimum Gasteiger partial charge on any atom is -0.478 e. The number of aliphatic hydroxyl groups excluding tert-OH is 1. The fourth-order valence-electron chi connectivity index (χ4n) is 2.30. The monoisotopic (exact) mass is 279 g/mol. The number of hydrogen-bond acceptors (Lipinski definition) is 4. The third kappa shape index (κ3) is 2.35. The van der Waals surface area contributed by atoms with E-state index in [-0.39, 0.29) is 48.2 Å². The van der Waals surface area contributed by atoms with Crippen LogP contribution >= 0.6 is 0 Å². The maximum Gasteiger partial charge on any atom is 0.337 e. The number of carboxylic acid groups (broad SMARTS) is 2. The van der Waals surface area contributed by atoms with Gasteiger partial charge in [-0.15, -0.1) is 0 Å². The van der Waals surface area contributed by atoms with E-state index in [9.17, 15) is 14.4 Å². The number of hydrogen-bond donors (Lipinski definition) is 3. The van der Waals surface area contributed by atoms with Crippen molar-refractivity contribution in [3.8, 4) is 0 Å². The average Bonchev–Trinajstić information content (AvgIpc) is 2.78. The van der Waals surface area contributed by atoms with Gasteiger partial charge in [0.1, 0.15) is 0 Å². The number of anilines is 1. The van der Waals surface area contributed by atoms with Crippen LogP contribution in [0.25, 0.3) is 0 Å². The van der Waals surface area contributed by atoms with Gasteiger partial charge < -0.3 is 20.2 Å². The standard InChI is InChI=1S/C13H13NO6/c15-6-7-4-10(16)14(5-7)11-8(12(17)18)2-1-3-9(11)13(19)20/h1-3,7,15H,4-6H2,(H,17,18)(H,19,20). The van der Waals surface area contributed by atoms with Crippen LogP contribution in [0.1, 0.15) is 27.1 Å². The van der Waals surface area contributed by atoms with Crippen molar-refractivity contribution in [1.82, 2.24) is 0 Å². The Hall–Kier alpha value is -2.41. The summed E-state index contributed by atoms with van der Waals surface area (Å²) in [6.07, 6.45) is 0.0729. The van der Waals surface area contributed by atoms with E-state index in [1.54, 1.807) is 0 Å². The van der Waals surface area contributed by atoms with Crippen molar-refractivity contribution in [3.05, 3.63) is 29.3 Å². The maximum atomic E-state index is 11.9. The molecule has 1 saturated heterocycles. The Balaban J connectivity index is 2.56. The van der Waals surface area contributed by atoms with Crippen LogP contribution in [0.2, 0.25) is 0 Å². The van der Waals surface area contributed by atoms with E-state index >= 15 is 0 Å². The fraction of sp³-hybridized carbons (Fsp3) is 0.308. The minimum absolute atomic E-state index is 0.0729. The van der Waals surface area contributed by atoms with E-state index in [1.807, 2.05) is 0 Å². The number of rotatable bonds is 4. The Morgan fingerprint density at radius 1 is 1.20 bits per heavy atom. The van der Waals surface area contributed by atoms with Gasteiger partial charge in [0, 0.05) is 25.5 Å². The number of carbonyl (C=O) groups excluding carboxylic acids is 1. The topological polar surface area (TPSA) is 115 Å². The lowest BCUT2D eigenvalue weighted by Gasteiger charge is -2.20. The van der Waals surface area contributed by atoms with Gasteiger partial charge in [0.05, 0.1) is 16.8 Å². The Bertz CT molecular complexity index is 550. The zero-order valence-electron chi connectivity index (χ0n) is 10.4. The number of nitrogens with zero attached hydrogens (tertiary/aromatic N) is 1. The van der Waals surface area contributed by atoms with Gasteiger partial charge in [0.15, 0.2) is 0 Å². The quantitative estimate of drug-likeness (QED) is 0.736. The molecule has 0 aromatic heterocycles. The summed E-state index contributed by atoms with van der Waals surface area (Å²) in [5, 5.41) is 27.4. The Morgan fingerprint density at radius 2 is 1.75 bits per heavy atom. The molecule has 0 spiro atoms. The first-order valence-corrected chi connectivity index (χ1v) is 5.96. The SMILES string of the molecule is O=C(O)c1cccc(C(=O)O)c1N1CC(CO)CC1=O. The Kier molecular flexibility index (Phi) is 3.71. The summed E-state index contributed by atoms with van der Waals surface area (Å²) in [7, 11) is 0. The van der Waals surface area contributed by atoms with Gasteiger partial charge in [0.2, 0.25) is 5.91 Å². The van der Waals surface area contributed by atoms with Crippen molar-refractivity contribution in [2.24, 2.45) is 5.92 Å². The average molecular weight is 279 g/mol. The van der Waals surface area contributed by atoms with Crippen molar-refractivity contribution in [1.29, 1.82) is 0 Å². The molecule has 0 saturated carbocycles. The summed E-state index contributed by atoms with van der Waals surface area (Å²) in [6, 6.07) is 3.83. The normalized spacial score (nSPS) is 18.4. The molecule has 1 aliphatic heterocycles. The predicted molar refractivity (Wildman–Crippen MR) is 67.9 cm³/mol. The minimum atomic E-state index is -1.30. The molecule has 1 atom stereocenters. The highest BCUT2D eigenvalue weighted by atomic mass is 16.4. The molecule has 1 aliphatic rings. The maximum absolute atomic E-state index is 11.9. The van der Waals surface area contributed by atoms with Crippen molar-refractivity contribution in [2.75, 3.05) is 18.1 Å². The molecule has 7 nitrogen and oxygen atoms in total. The van der Waals surface area contributed by atoms with Gasteiger partial charge in [0.25, 0.3) is 0 Å². The second-order valence-corrected chi connectivity index (χ2v) is 4.57. The van der Waals surface area contributed by atoms with Crippen LogP contribution in [0.4, 0.5) is 5.69 Å². The molecule has 1 unspecified atom stereocenters. The molecule has 1 heterocycles. The second kappa shape index (κ2) is 5.30. The van der Waals surface area contributed by atoms with E-state index in [4.69, 9.17) is 15.3 Å². The van der Waals surface area contributed by atoms with Crippen molar-refractivity contribution in [3.63, 3.8) is 0 Å². The molecule has 1 aromatic carbocycles. The van der Waals surface area contributed by atoms with Crippen LogP contribution in [0.15, 0.2) is 18.2 Å². The molecule has 0 aliphatic carbocycles. The largest absolute Gasteiger partial charge is 0.478 e. The first-order chi connectivity index (χ1) is 9.45. The zero-order valence-corrected chi connectivity index (χ0v) is 10.4. The lowest BCUT2D eigenvalue weighted by Crippen LogP contribution is -2.29. The van der Waals surface area contributed by atoms with Crippen LogP contribution in [0.3, 0.4) is 0 Å². The third-order valence-electron chi connectivity index (χ3n) is 3.23. The van der Waals surface area contributed by atoms with Gasteiger partial charge in [-0.05, 0) is 12.1 Å². The van der Waals surface area contributed by atoms with Crippen molar-refractivity contribution in [2.45, 2.75) is 6.42 Å². The number of amides is 1. The summed E-state index contributed by atoms with van der Waals surface area (Å²) in [5.74, 6) is -3.31. The van der Waals surface area contributed by atoms with Gasteiger partial charge in [-0.3, -0.25) is 4.79 Å². The molecular formula is C13H13NO6. The van der Waals surface area contributed by atoms with Crippen LogP contribution in [0.5, 0.6) is 0 Å². The number of carboxylic acids is 2. The van der Waals surface area contributed by atoms with E-state index in [0.717, 1.165) is 4.90 Å². The first-order valence-electron chi connectivity index (χ1n) is 5.96. The predicted octanol–water partition coefficient (Wildman–Crippen LogP) is 0.428. The van der Waals surface area contributed by atoms with Crippen LogP contribution in [-0.2, 0) is 4.79 Å². The third-order valence-corrected chi connectivity index (χ3v) is 3.23. The molecule has 7 heteroatoms. The van der Waals surface area contributed by atoms with Crippen LogP contribution in [0, 0.1) is 5.92 Å². The Morgan fingerprint density at radius 3 is 2.15 bits per heavy atom. The molecule has 0 bridgehead atoms. The highest BCUT2D eigenvalue weighted by molar-refractivity contribution is 6.09. The fourth-order valence-corrected chi connectivity index (χ4v) is 2.30. The second-order valence-electron chi connectivity index (χ2n) is 4.57. The van der Waals surface area contributed by atoms with Gasteiger partial charge in [-0.1, -0.05) is 6.07 Å². The first kappa shape index (κ1) is 14.0. The summed E-state index contributed by atoms with van der Waals surface area (Å²) in [4.78, 5) is 35.5. The van der Waals surface area contributed by atoms with Crippen LogP contribution in [-0.4, -0.2) is 46.3 Å². The smallest absolute Gasteiger partial charge is 0.337 e. The molecular weight excluding hydrogens is 266 g/mol. The number of carbonyl (C=O) groups is 3. The van der Waals surface area contributed by atoms with Crippen LogP contribution < -0.4 is 4.90 Å². The molecule has 2 rings (SSSR count). The number of aliphatic hydroxyl groups is 1. The highest BCUT2D eigenvalue weighted by Crippen LogP contribution is 2.31. The van der Waals surface area contributed by atoms with E-state index in [1.165, 1.54) is 18.2 Å². The molecule has 20 heavy (non-hydrogen) atoms. The molecule has 1 amide bonds. The van der Waals surface area contributed by atoms with E-state index in [2.05, 4.69) is 0 Å².